The van der Waals surface area contributed by atoms with E-state index in [0.29, 0.717) is 0 Å². The minimum Gasteiger partial charge on any atom is -0.455 e. The van der Waals surface area contributed by atoms with E-state index in [0.717, 1.165) is 50.1 Å². The highest BCUT2D eigenvalue weighted by atomic mass is 16.3. The van der Waals surface area contributed by atoms with Crippen molar-refractivity contribution >= 4 is 60.5 Å². The van der Waals surface area contributed by atoms with Gasteiger partial charge in [-0.25, -0.2) is 0 Å². The number of hydrogen-bond acceptors (Lipinski definition) is 2. The first-order valence-electron chi connectivity index (χ1n) is 21.0. The van der Waals surface area contributed by atoms with Crippen LogP contribution in [0.5, 0.6) is 0 Å². The fourth-order valence-electron chi connectivity index (χ4n) is 8.72. The summed E-state index contributed by atoms with van der Waals surface area (Å²) in [7, 11) is 0. The van der Waals surface area contributed by atoms with E-state index in [9.17, 15) is 0 Å². The third kappa shape index (κ3) is 7.23. The number of furan rings is 1. The zero-order valence-electron chi connectivity index (χ0n) is 34.6. The third-order valence-corrected chi connectivity index (χ3v) is 11.9. The Bertz CT molecular complexity index is 3320. The van der Waals surface area contributed by atoms with E-state index >= 15 is 0 Å². The molecule has 2 nitrogen and oxygen atoms in total. The van der Waals surface area contributed by atoms with E-state index in [1.165, 1.54) is 60.5 Å². The Morgan fingerprint density at radius 1 is 0.344 bits per heavy atom. The highest BCUT2D eigenvalue weighted by molar-refractivity contribution is 6.15. The summed E-state index contributed by atoms with van der Waals surface area (Å²) in [6.07, 6.45) is 0. The van der Waals surface area contributed by atoms with Crippen molar-refractivity contribution in [2.45, 2.75) is 20.8 Å². The van der Waals surface area contributed by atoms with Crippen molar-refractivity contribution in [3.05, 3.63) is 235 Å². The third-order valence-electron chi connectivity index (χ3n) is 11.9. The van der Waals surface area contributed by atoms with Gasteiger partial charge >= 0.3 is 0 Å². The summed E-state index contributed by atoms with van der Waals surface area (Å²) >= 11 is 0. The van der Waals surface area contributed by atoms with Crippen LogP contribution in [0.1, 0.15) is 16.7 Å². The molecule has 2 heteroatoms. The van der Waals surface area contributed by atoms with Crippen molar-refractivity contribution in [1.29, 1.82) is 0 Å². The van der Waals surface area contributed by atoms with Gasteiger partial charge in [-0.1, -0.05) is 181 Å². The molecule has 0 bridgehead atoms. The van der Waals surface area contributed by atoms with Crippen LogP contribution >= 0.6 is 0 Å². The normalized spacial score (nSPS) is 11.2. The maximum Gasteiger partial charge on any atom is 0.143 e. The van der Waals surface area contributed by atoms with Crippen LogP contribution < -0.4 is 4.90 Å². The van der Waals surface area contributed by atoms with Gasteiger partial charge in [-0.2, -0.15) is 0 Å². The summed E-state index contributed by atoms with van der Waals surface area (Å²) in [5.41, 5.74) is 16.2. The molecule has 11 aromatic rings. The molecular formula is C59H45NO. The summed E-state index contributed by atoms with van der Waals surface area (Å²) in [6, 6.07) is 78.2. The number of aryl methyl sites for hydroxylation is 3. The first-order valence-corrected chi connectivity index (χ1v) is 21.0. The lowest BCUT2D eigenvalue weighted by Gasteiger charge is -2.28. The van der Waals surface area contributed by atoms with Crippen molar-refractivity contribution in [1.82, 2.24) is 0 Å². The molecule has 0 spiro atoms. The number of para-hydroxylation sites is 2. The number of anilines is 3. The van der Waals surface area contributed by atoms with Crippen LogP contribution in [0.25, 0.3) is 76.9 Å². The van der Waals surface area contributed by atoms with Crippen LogP contribution in [0.15, 0.2) is 223 Å². The molecule has 0 aliphatic heterocycles. The van der Waals surface area contributed by atoms with E-state index in [1.54, 1.807) is 0 Å². The standard InChI is InChI=1S/C52H37NO.C7H8/c1-34-12-3-5-14-42(34)49-32-38(23-22-35(49)2)36-24-28-40(29-25-36)53(50-33-39-13-4-6-15-43(39)45-16-7-8-17-46(45)50)41-30-26-37(27-31-41)44-19-11-20-48-47-18-9-10-21-51(47)54-52(44)48;1-7-5-3-2-4-6-7/h3-33H,1-2H3;2-6H,1H3. The van der Waals surface area contributed by atoms with E-state index in [4.69, 9.17) is 4.42 Å². The van der Waals surface area contributed by atoms with Gasteiger partial charge < -0.3 is 9.32 Å². The van der Waals surface area contributed by atoms with Crippen molar-refractivity contribution in [2.75, 3.05) is 4.90 Å². The number of benzene rings is 10. The average molecular weight is 784 g/mol. The van der Waals surface area contributed by atoms with Crippen LogP contribution in [0.3, 0.4) is 0 Å². The van der Waals surface area contributed by atoms with Gasteiger partial charge in [-0.3, -0.25) is 0 Å². The summed E-state index contributed by atoms with van der Waals surface area (Å²) in [5.74, 6) is 0. The molecule has 292 valence electrons. The molecule has 0 saturated heterocycles. The molecule has 0 N–H and O–H groups in total. The SMILES string of the molecule is Cc1ccccc1.Cc1ccccc1-c1cc(-c2ccc(N(c3ccc(-c4cccc5c4oc4ccccc45)cc3)c3cc4ccccc4c4ccccc34)cc2)ccc1C. The van der Waals surface area contributed by atoms with Gasteiger partial charge in [0.1, 0.15) is 11.2 Å². The van der Waals surface area contributed by atoms with Gasteiger partial charge in [0.25, 0.3) is 0 Å². The Kier molecular flexibility index (Phi) is 9.96. The van der Waals surface area contributed by atoms with Crippen LogP contribution in [-0.2, 0) is 0 Å². The van der Waals surface area contributed by atoms with Gasteiger partial charge in [0.2, 0.25) is 0 Å². The summed E-state index contributed by atoms with van der Waals surface area (Å²) in [6.45, 7) is 6.47. The zero-order chi connectivity index (χ0) is 41.3. The Morgan fingerprint density at radius 2 is 0.902 bits per heavy atom. The zero-order valence-corrected chi connectivity index (χ0v) is 34.6. The molecule has 0 fully saturated rings. The molecule has 0 unspecified atom stereocenters. The molecule has 11 rings (SSSR count). The van der Waals surface area contributed by atoms with Crippen LogP contribution in [-0.4, -0.2) is 0 Å². The first kappa shape index (κ1) is 37.6. The van der Waals surface area contributed by atoms with Crippen molar-refractivity contribution in [2.24, 2.45) is 0 Å². The van der Waals surface area contributed by atoms with Crippen molar-refractivity contribution in [3.63, 3.8) is 0 Å². The Labute approximate surface area is 357 Å². The quantitative estimate of drug-likeness (QED) is 0.156. The fraction of sp³-hybridized carbons (Fsp3) is 0.0508. The molecule has 0 amide bonds. The topological polar surface area (TPSA) is 16.4 Å². The van der Waals surface area contributed by atoms with E-state index < -0.39 is 0 Å². The monoisotopic (exact) mass is 783 g/mol. The highest BCUT2D eigenvalue weighted by Gasteiger charge is 2.19. The minimum absolute atomic E-state index is 0.909. The van der Waals surface area contributed by atoms with E-state index in [-0.39, 0.29) is 0 Å². The van der Waals surface area contributed by atoms with Crippen molar-refractivity contribution < 1.29 is 4.42 Å². The van der Waals surface area contributed by atoms with Crippen molar-refractivity contribution in [3.8, 4) is 33.4 Å². The van der Waals surface area contributed by atoms with Gasteiger partial charge in [0.15, 0.2) is 0 Å². The lowest BCUT2D eigenvalue weighted by Crippen LogP contribution is -2.10. The van der Waals surface area contributed by atoms with Gasteiger partial charge in [0, 0.05) is 33.1 Å². The average Bonchev–Trinajstić information content (AvgIpc) is 3.70. The summed E-state index contributed by atoms with van der Waals surface area (Å²) in [5, 5.41) is 7.19. The Balaban J connectivity index is 0.000000581. The Hall–Kier alpha value is -7.68. The van der Waals surface area contributed by atoms with Gasteiger partial charge in [0.05, 0.1) is 5.69 Å². The van der Waals surface area contributed by atoms with Crippen LogP contribution in [0.4, 0.5) is 17.1 Å². The maximum absolute atomic E-state index is 6.43. The summed E-state index contributed by atoms with van der Waals surface area (Å²) < 4.78 is 6.43. The number of nitrogens with zero attached hydrogens (tertiary/aromatic N) is 1. The van der Waals surface area contributed by atoms with Crippen LogP contribution in [0.2, 0.25) is 0 Å². The molecule has 0 aliphatic carbocycles. The lowest BCUT2D eigenvalue weighted by atomic mass is 9.93. The molecule has 1 heterocycles. The van der Waals surface area contributed by atoms with Gasteiger partial charge in [-0.05, 0) is 118 Å². The molecule has 0 radical (unpaired) electrons. The lowest BCUT2D eigenvalue weighted by molar-refractivity contribution is 0.670. The first-order chi connectivity index (χ1) is 30.0. The highest BCUT2D eigenvalue weighted by Crippen LogP contribution is 2.44. The number of rotatable bonds is 6. The molecule has 10 aromatic carbocycles. The largest absolute Gasteiger partial charge is 0.455 e. The second-order valence-electron chi connectivity index (χ2n) is 15.9. The van der Waals surface area contributed by atoms with E-state index in [2.05, 4.69) is 214 Å². The molecule has 0 atom stereocenters. The smallest absolute Gasteiger partial charge is 0.143 e. The summed E-state index contributed by atoms with van der Waals surface area (Å²) in [4.78, 5) is 2.40. The minimum atomic E-state index is 0.909. The molecule has 0 aliphatic rings. The maximum atomic E-state index is 6.43. The number of fused-ring (bicyclic) bond motifs is 6. The molecule has 1 aromatic heterocycles. The molecular weight excluding hydrogens is 739 g/mol. The predicted molar refractivity (Wildman–Crippen MR) is 260 cm³/mol. The second kappa shape index (κ2) is 16.2. The fourth-order valence-corrected chi connectivity index (χ4v) is 8.72. The number of hydrogen-bond donors (Lipinski definition) is 0. The Morgan fingerprint density at radius 3 is 1.62 bits per heavy atom. The predicted octanol–water partition coefficient (Wildman–Crippen LogP) is 17.0. The second-order valence-corrected chi connectivity index (χ2v) is 15.9. The molecule has 61 heavy (non-hydrogen) atoms. The van der Waals surface area contributed by atoms with E-state index in [1.807, 2.05) is 30.3 Å². The van der Waals surface area contributed by atoms with Gasteiger partial charge in [-0.15, -0.1) is 0 Å². The van der Waals surface area contributed by atoms with Crippen LogP contribution in [0, 0.1) is 20.8 Å². The molecule has 0 saturated carbocycles.